The van der Waals surface area contributed by atoms with Gasteiger partial charge in [-0.05, 0) is 14.0 Å². The number of hydrogen-bond acceptors (Lipinski definition) is 3. The third kappa shape index (κ3) is 1.62. The van der Waals surface area contributed by atoms with E-state index in [0.717, 1.165) is 0 Å². The number of hydrogen-bond donors (Lipinski definition) is 3. The second-order valence-corrected chi connectivity index (χ2v) is 2.54. The van der Waals surface area contributed by atoms with E-state index < -0.39 is 5.69 Å². The highest BCUT2D eigenvalue weighted by Crippen LogP contribution is 1.92. The van der Waals surface area contributed by atoms with Crippen molar-refractivity contribution in [1.82, 2.24) is 15.3 Å². The summed E-state index contributed by atoms with van der Waals surface area (Å²) in [7, 11) is 1.74. The van der Waals surface area contributed by atoms with Crippen LogP contribution >= 0.6 is 0 Å². The van der Waals surface area contributed by atoms with Crippen LogP contribution in [0.2, 0.25) is 0 Å². The van der Waals surface area contributed by atoms with Gasteiger partial charge >= 0.3 is 5.69 Å². The average Bonchev–Trinajstić information content (AvgIpc) is 1.96. The molecule has 1 aromatic rings. The van der Waals surface area contributed by atoms with E-state index in [4.69, 9.17) is 0 Å². The minimum absolute atomic E-state index is 0.328. The van der Waals surface area contributed by atoms with Gasteiger partial charge in [0.1, 0.15) is 0 Å². The summed E-state index contributed by atoms with van der Waals surface area (Å²) in [5.74, 6) is 0. The molecule has 66 valence electrons. The van der Waals surface area contributed by atoms with Crippen molar-refractivity contribution in [3.05, 3.63) is 32.1 Å². The lowest BCUT2D eigenvalue weighted by Gasteiger charge is -2.01. The molecule has 0 saturated carbocycles. The Hall–Kier alpha value is -1.36. The predicted molar refractivity (Wildman–Crippen MR) is 45.2 cm³/mol. The predicted octanol–water partition coefficient (Wildman–Crippen LogP) is -0.909. The Kier molecular flexibility index (Phi) is 2.44. The van der Waals surface area contributed by atoms with Gasteiger partial charge in [0.2, 0.25) is 0 Å². The zero-order valence-electron chi connectivity index (χ0n) is 7.02. The Morgan fingerprint density at radius 1 is 1.33 bits per heavy atom. The Morgan fingerprint density at radius 3 is 2.50 bits per heavy atom. The van der Waals surface area contributed by atoms with Crippen molar-refractivity contribution in [3.8, 4) is 0 Å². The highest BCUT2D eigenvalue weighted by Gasteiger charge is 2.02. The van der Waals surface area contributed by atoms with Crippen LogP contribution in [-0.2, 0) is 6.54 Å². The Labute approximate surface area is 68.8 Å². The van der Waals surface area contributed by atoms with Crippen LogP contribution in [0.15, 0.2) is 9.59 Å². The van der Waals surface area contributed by atoms with Gasteiger partial charge in [-0.3, -0.25) is 9.78 Å². The van der Waals surface area contributed by atoms with Gasteiger partial charge in [-0.15, -0.1) is 0 Å². The van der Waals surface area contributed by atoms with Crippen molar-refractivity contribution in [2.75, 3.05) is 7.05 Å². The maximum atomic E-state index is 11.1. The highest BCUT2D eigenvalue weighted by atomic mass is 16.2. The van der Waals surface area contributed by atoms with Crippen LogP contribution in [0.4, 0.5) is 0 Å². The molecule has 5 nitrogen and oxygen atoms in total. The molecule has 0 bridgehead atoms. The van der Waals surface area contributed by atoms with E-state index >= 15 is 0 Å². The van der Waals surface area contributed by atoms with Gasteiger partial charge in [0.15, 0.2) is 0 Å². The van der Waals surface area contributed by atoms with E-state index in [0.29, 0.717) is 17.8 Å². The van der Waals surface area contributed by atoms with Crippen LogP contribution in [0.1, 0.15) is 11.3 Å². The van der Waals surface area contributed by atoms with Gasteiger partial charge < -0.3 is 10.3 Å². The second kappa shape index (κ2) is 3.36. The van der Waals surface area contributed by atoms with Crippen molar-refractivity contribution in [1.29, 1.82) is 0 Å². The normalized spacial score (nSPS) is 10.2. The first kappa shape index (κ1) is 8.73. The third-order valence-electron chi connectivity index (χ3n) is 1.61. The number of aromatic amines is 2. The summed E-state index contributed by atoms with van der Waals surface area (Å²) in [6.07, 6.45) is 0. The molecule has 0 amide bonds. The Morgan fingerprint density at radius 2 is 2.00 bits per heavy atom. The molecule has 0 aliphatic carbocycles. The smallest absolute Gasteiger partial charge is 0.315 e. The topological polar surface area (TPSA) is 77.8 Å². The lowest BCUT2D eigenvalue weighted by atomic mass is 10.2. The molecule has 0 saturated heterocycles. The Bertz CT molecular complexity index is 377. The first-order chi connectivity index (χ1) is 5.65. The molecule has 0 unspecified atom stereocenters. The molecule has 3 N–H and O–H groups in total. The lowest BCUT2D eigenvalue weighted by molar-refractivity contribution is 0.779. The van der Waals surface area contributed by atoms with Crippen LogP contribution in [0, 0.1) is 6.92 Å². The number of nitrogens with one attached hydrogen (secondary N) is 3. The molecule has 0 fully saturated rings. The molecule has 1 heterocycles. The van der Waals surface area contributed by atoms with Crippen molar-refractivity contribution in [2.24, 2.45) is 0 Å². The van der Waals surface area contributed by atoms with E-state index in [2.05, 4.69) is 15.3 Å². The second-order valence-electron chi connectivity index (χ2n) is 2.54. The van der Waals surface area contributed by atoms with Crippen molar-refractivity contribution >= 4 is 0 Å². The average molecular weight is 169 g/mol. The number of aryl methyl sites for hydroxylation is 1. The van der Waals surface area contributed by atoms with Crippen LogP contribution in [0.3, 0.4) is 0 Å². The molecule has 5 heteroatoms. The zero-order chi connectivity index (χ0) is 9.14. The first-order valence-corrected chi connectivity index (χ1v) is 3.62. The monoisotopic (exact) mass is 169 g/mol. The van der Waals surface area contributed by atoms with Gasteiger partial charge in [-0.1, -0.05) is 0 Å². The SMILES string of the molecule is CNCc1c(C)[nH]c(=O)[nH]c1=O. The van der Waals surface area contributed by atoms with Crippen LogP contribution in [0.25, 0.3) is 0 Å². The van der Waals surface area contributed by atoms with Crippen LogP contribution < -0.4 is 16.6 Å². The third-order valence-corrected chi connectivity index (χ3v) is 1.61. The van der Waals surface area contributed by atoms with E-state index in [-0.39, 0.29) is 5.56 Å². The molecule has 0 atom stereocenters. The number of aromatic nitrogens is 2. The maximum absolute atomic E-state index is 11.1. The standard InChI is InChI=1S/C7H11N3O2/c1-4-5(3-8-2)6(11)10-7(12)9-4/h8H,3H2,1-2H3,(H2,9,10,11,12). The number of rotatable bonds is 2. The molecule has 12 heavy (non-hydrogen) atoms. The summed E-state index contributed by atoms with van der Waals surface area (Å²) in [6.45, 7) is 2.15. The summed E-state index contributed by atoms with van der Waals surface area (Å²) in [5, 5.41) is 2.84. The van der Waals surface area contributed by atoms with Crippen molar-refractivity contribution in [3.63, 3.8) is 0 Å². The van der Waals surface area contributed by atoms with Gasteiger partial charge in [0, 0.05) is 12.2 Å². The van der Waals surface area contributed by atoms with Gasteiger partial charge in [-0.25, -0.2) is 4.79 Å². The fraction of sp³-hybridized carbons (Fsp3) is 0.429. The zero-order valence-corrected chi connectivity index (χ0v) is 7.02. The summed E-state index contributed by atoms with van der Waals surface area (Å²) in [5.41, 5.74) is 0.387. The van der Waals surface area contributed by atoms with Crippen LogP contribution in [0.5, 0.6) is 0 Å². The number of H-pyrrole nitrogens is 2. The highest BCUT2D eigenvalue weighted by molar-refractivity contribution is 5.13. The molecule has 0 aromatic carbocycles. The molecule has 0 aliphatic rings. The van der Waals surface area contributed by atoms with Gasteiger partial charge in [-0.2, -0.15) is 0 Å². The fourth-order valence-corrected chi connectivity index (χ4v) is 1.02. The molecule has 0 radical (unpaired) electrons. The Balaban J connectivity index is 3.29. The summed E-state index contributed by atoms with van der Waals surface area (Å²) >= 11 is 0. The first-order valence-electron chi connectivity index (χ1n) is 3.62. The van der Waals surface area contributed by atoms with E-state index in [1.807, 2.05) is 0 Å². The summed E-state index contributed by atoms with van der Waals surface area (Å²) in [4.78, 5) is 26.5. The molecule has 1 aromatic heterocycles. The maximum Gasteiger partial charge on any atom is 0.325 e. The summed E-state index contributed by atoms with van der Waals surface area (Å²) in [6, 6.07) is 0. The quantitative estimate of drug-likeness (QED) is 0.536. The molecule has 0 aliphatic heterocycles. The molecule has 0 spiro atoms. The van der Waals surface area contributed by atoms with Crippen LogP contribution in [-0.4, -0.2) is 17.0 Å². The largest absolute Gasteiger partial charge is 0.325 e. The lowest BCUT2D eigenvalue weighted by Crippen LogP contribution is -2.29. The van der Waals surface area contributed by atoms with Gasteiger partial charge in [0.25, 0.3) is 5.56 Å². The minimum atomic E-state index is -0.461. The fourth-order valence-electron chi connectivity index (χ4n) is 1.02. The summed E-state index contributed by atoms with van der Waals surface area (Å²) < 4.78 is 0. The van der Waals surface area contributed by atoms with E-state index in [1.54, 1.807) is 14.0 Å². The molecular weight excluding hydrogens is 158 g/mol. The van der Waals surface area contributed by atoms with Crippen molar-refractivity contribution in [2.45, 2.75) is 13.5 Å². The van der Waals surface area contributed by atoms with Gasteiger partial charge in [0.05, 0.1) is 5.56 Å². The van der Waals surface area contributed by atoms with E-state index in [1.165, 1.54) is 0 Å². The van der Waals surface area contributed by atoms with E-state index in [9.17, 15) is 9.59 Å². The molecular formula is C7H11N3O2. The minimum Gasteiger partial charge on any atom is -0.315 e. The molecule has 1 rings (SSSR count). The van der Waals surface area contributed by atoms with Crippen molar-refractivity contribution < 1.29 is 0 Å².